The van der Waals surface area contributed by atoms with Crippen molar-refractivity contribution < 1.29 is 4.74 Å². The minimum absolute atomic E-state index is 0.651. The van der Waals surface area contributed by atoms with E-state index < -0.39 is 0 Å². The van der Waals surface area contributed by atoms with E-state index in [1.165, 1.54) is 25.1 Å². The van der Waals surface area contributed by atoms with Gasteiger partial charge < -0.3 is 20.3 Å². The first kappa shape index (κ1) is 15.0. The standard InChI is InChI=1S/C16H27N3O/c1-4-20-16-11-14(5-6-15(16)17)19-9-7-13(8-10-19)12-18(2)3/h5-6,11,13H,4,7-10,12,17H2,1-3H3. The van der Waals surface area contributed by atoms with Crippen LogP contribution in [0.4, 0.5) is 11.4 Å². The summed E-state index contributed by atoms with van der Waals surface area (Å²) in [5.41, 5.74) is 7.88. The molecule has 0 spiro atoms. The molecular formula is C16H27N3O. The lowest BCUT2D eigenvalue weighted by molar-refractivity contribution is 0.285. The number of nitrogen functional groups attached to an aromatic ring is 1. The molecule has 0 amide bonds. The van der Waals surface area contributed by atoms with Gasteiger partial charge in [0.1, 0.15) is 5.75 Å². The third kappa shape index (κ3) is 3.79. The molecule has 1 heterocycles. The van der Waals surface area contributed by atoms with Gasteiger partial charge in [0.05, 0.1) is 12.3 Å². The van der Waals surface area contributed by atoms with Crippen LogP contribution in [0.25, 0.3) is 0 Å². The smallest absolute Gasteiger partial charge is 0.144 e. The molecule has 1 aliphatic heterocycles. The van der Waals surface area contributed by atoms with Gasteiger partial charge in [0, 0.05) is 31.4 Å². The Balaban J connectivity index is 1.98. The Morgan fingerprint density at radius 2 is 2.00 bits per heavy atom. The largest absolute Gasteiger partial charge is 0.492 e. The lowest BCUT2D eigenvalue weighted by atomic mass is 9.96. The summed E-state index contributed by atoms with van der Waals surface area (Å²) in [6.07, 6.45) is 2.51. The summed E-state index contributed by atoms with van der Waals surface area (Å²) in [6.45, 7) is 6.07. The van der Waals surface area contributed by atoms with Crippen LogP contribution < -0.4 is 15.4 Å². The maximum atomic E-state index is 5.93. The summed E-state index contributed by atoms with van der Waals surface area (Å²) in [6, 6.07) is 6.13. The fourth-order valence-electron chi connectivity index (χ4n) is 2.89. The van der Waals surface area contributed by atoms with Gasteiger partial charge in [-0.25, -0.2) is 0 Å². The predicted molar refractivity (Wildman–Crippen MR) is 85.5 cm³/mol. The summed E-state index contributed by atoms with van der Waals surface area (Å²) >= 11 is 0. The number of anilines is 2. The molecule has 0 saturated carbocycles. The van der Waals surface area contributed by atoms with Crippen molar-refractivity contribution in [3.05, 3.63) is 18.2 Å². The second-order valence-corrected chi connectivity index (χ2v) is 5.85. The molecule has 1 aliphatic rings. The molecule has 1 aromatic rings. The molecule has 112 valence electrons. The third-order valence-corrected chi connectivity index (χ3v) is 3.90. The maximum Gasteiger partial charge on any atom is 0.144 e. The highest BCUT2D eigenvalue weighted by atomic mass is 16.5. The quantitative estimate of drug-likeness (QED) is 0.839. The maximum absolute atomic E-state index is 5.93. The molecule has 1 fully saturated rings. The van der Waals surface area contributed by atoms with Crippen LogP contribution in [0, 0.1) is 5.92 Å². The van der Waals surface area contributed by atoms with E-state index in [0.29, 0.717) is 6.61 Å². The number of ether oxygens (including phenoxy) is 1. The Morgan fingerprint density at radius 3 is 2.60 bits per heavy atom. The zero-order chi connectivity index (χ0) is 14.5. The third-order valence-electron chi connectivity index (χ3n) is 3.90. The van der Waals surface area contributed by atoms with Gasteiger partial charge in [-0.05, 0) is 51.9 Å². The van der Waals surface area contributed by atoms with Crippen molar-refractivity contribution in [3.63, 3.8) is 0 Å². The zero-order valence-electron chi connectivity index (χ0n) is 12.9. The van der Waals surface area contributed by atoms with Gasteiger partial charge in [-0.2, -0.15) is 0 Å². The molecule has 1 aromatic carbocycles. The van der Waals surface area contributed by atoms with Crippen molar-refractivity contribution in [1.82, 2.24) is 4.90 Å². The number of rotatable bonds is 5. The summed E-state index contributed by atoms with van der Waals surface area (Å²) < 4.78 is 5.58. The predicted octanol–water partition coefficient (Wildman–Crippen LogP) is 2.45. The Labute approximate surface area is 122 Å². The normalized spacial score (nSPS) is 16.7. The van der Waals surface area contributed by atoms with Gasteiger partial charge in [0.15, 0.2) is 0 Å². The Kier molecular flexibility index (Phi) is 5.12. The van der Waals surface area contributed by atoms with E-state index in [1.54, 1.807) is 0 Å². The lowest BCUT2D eigenvalue weighted by Gasteiger charge is -2.35. The van der Waals surface area contributed by atoms with Crippen LogP contribution in [0.15, 0.2) is 18.2 Å². The van der Waals surface area contributed by atoms with Gasteiger partial charge in [-0.15, -0.1) is 0 Å². The zero-order valence-corrected chi connectivity index (χ0v) is 12.9. The van der Waals surface area contributed by atoms with Crippen LogP contribution in [0.3, 0.4) is 0 Å². The number of piperidine rings is 1. The highest BCUT2D eigenvalue weighted by Gasteiger charge is 2.20. The summed E-state index contributed by atoms with van der Waals surface area (Å²) in [5.74, 6) is 1.63. The SMILES string of the molecule is CCOc1cc(N2CCC(CN(C)C)CC2)ccc1N. The van der Waals surface area contributed by atoms with E-state index >= 15 is 0 Å². The van der Waals surface area contributed by atoms with Crippen LogP contribution in [0.1, 0.15) is 19.8 Å². The lowest BCUT2D eigenvalue weighted by Crippen LogP contribution is -2.37. The Morgan fingerprint density at radius 1 is 1.30 bits per heavy atom. The van der Waals surface area contributed by atoms with Crippen molar-refractivity contribution in [2.75, 3.05) is 51.0 Å². The van der Waals surface area contributed by atoms with E-state index in [4.69, 9.17) is 10.5 Å². The van der Waals surface area contributed by atoms with Crippen molar-refractivity contribution in [2.24, 2.45) is 5.92 Å². The van der Waals surface area contributed by atoms with E-state index in [-0.39, 0.29) is 0 Å². The topological polar surface area (TPSA) is 41.7 Å². The molecule has 0 aromatic heterocycles. The fourth-order valence-corrected chi connectivity index (χ4v) is 2.89. The number of hydrogen-bond acceptors (Lipinski definition) is 4. The van der Waals surface area contributed by atoms with Gasteiger partial charge in [0.25, 0.3) is 0 Å². The molecule has 4 heteroatoms. The van der Waals surface area contributed by atoms with Crippen molar-refractivity contribution in [1.29, 1.82) is 0 Å². The minimum atomic E-state index is 0.651. The van der Waals surface area contributed by atoms with Gasteiger partial charge in [0.2, 0.25) is 0 Å². The number of hydrogen-bond donors (Lipinski definition) is 1. The van der Waals surface area contributed by atoms with Gasteiger partial charge in [-0.1, -0.05) is 0 Å². The van der Waals surface area contributed by atoms with E-state index in [0.717, 1.165) is 30.4 Å². The summed E-state index contributed by atoms with van der Waals surface area (Å²) in [5, 5.41) is 0. The molecule has 0 aliphatic carbocycles. The van der Waals surface area contributed by atoms with Gasteiger partial charge >= 0.3 is 0 Å². The molecule has 1 saturated heterocycles. The Hall–Kier alpha value is -1.42. The molecule has 2 N–H and O–H groups in total. The van der Waals surface area contributed by atoms with E-state index in [2.05, 4.69) is 36.0 Å². The average Bonchev–Trinajstić information content (AvgIpc) is 2.42. The molecule has 0 bridgehead atoms. The fraction of sp³-hybridized carbons (Fsp3) is 0.625. The van der Waals surface area contributed by atoms with Crippen LogP contribution in [0.2, 0.25) is 0 Å². The van der Waals surface area contributed by atoms with Crippen LogP contribution in [-0.4, -0.2) is 45.2 Å². The van der Waals surface area contributed by atoms with Crippen molar-refractivity contribution in [2.45, 2.75) is 19.8 Å². The first-order valence-corrected chi connectivity index (χ1v) is 7.52. The van der Waals surface area contributed by atoms with Crippen LogP contribution >= 0.6 is 0 Å². The molecule has 0 radical (unpaired) electrons. The van der Waals surface area contributed by atoms with Crippen LogP contribution in [0.5, 0.6) is 5.75 Å². The highest BCUT2D eigenvalue weighted by molar-refractivity contribution is 5.62. The highest BCUT2D eigenvalue weighted by Crippen LogP contribution is 2.30. The van der Waals surface area contributed by atoms with Crippen LogP contribution in [-0.2, 0) is 0 Å². The Bertz CT molecular complexity index is 426. The molecule has 0 unspecified atom stereocenters. The minimum Gasteiger partial charge on any atom is -0.492 e. The average molecular weight is 277 g/mol. The molecule has 4 nitrogen and oxygen atoms in total. The second kappa shape index (κ2) is 6.84. The molecule has 0 atom stereocenters. The number of nitrogens with two attached hydrogens (primary N) is 1. The number of benzene rings is 1. The summed E-state index contributed by atoms with van der Waals surface area (Å²) in [4.78, 5) is 4.73. The second-order valence-electron chi connectivity index (χ2n) is 5.85. The first-order valence-electron chi connectivity index (χ1n) is 7.52. The van der Waals surface area contributed by atoms with E-state index in [1.807, 2.05) is 13.0 Å². The first-order chi connectivity index (χ1) is 9.60. The molecular weight excluding hydrogens is 250 g/mol. The monoisotopic (exact) mass is 277 g/mol. The number of nitrogens with zero attached hydrogens (tertiary/aromatic N) is 2. The van der Waals surface area contributed by atoms with Gasteiger partial charge in [-0.3, -0.25) is 0 Å². The summed E-state index contributed by atoms with van der Waals surface area (Å²) in [7, 11) is 4.31. The van der Waals surface area contributed by atoms with Crippen molar-refractivity contribution >= 4 is 11.4 Å². The van der Waals surface area contributed by atoms with E-state index in [9.17, 15) is 0 Å². The molecule has 2 rings (SSSR count). The molecule has 20 heavy (non-hydrogen) atoms. The van der Waals surface area contributed by atoms with Crippen molar-refractivity contribution in [3.8, 4) is 5.75 Å².